The third-order valence-corrected chi connectivity index (χ3v) is 2.97. The lowest BCUT2D eigenvalue weighted by molar-refractivity contribution is -0.137. The maximum Gasteiger partial charge on any atom is 0.417 e. The van der Waals surface area contributed by atoms with E-state index in [9.17, 15) is 17.6 Å². The largest absolute Gasteiger partial charge is 0.417 e. The van der Waals surface area contributed by atoms with Gasteiger partial charge in [-0.3, -0.25) is 0 Å². The Morgan fingerprint density at radius 1 is 1.37 bits per heavy atom. The van der Waals surface area contributed by atoms with E-state index < -0.39 is 17.6 Å². The summed E-state index contributed by atoms with van der Waals surface area (Å²) in [6.07, 6.45) is -0.842. The highest BCUT2D eigenvalue weighted by atomic mass is 19.4. The molecule has 1 nitrogen and oxygen atoms in total. The first-order valence-corrected chi connectivity index (χ1v) is 6.13. The second-order valence-corrected chi connectivity index (χ2v) is 4.88. The number of hydrogen-bond acceptors (Lipinski definition) is 1. The fraction of sp³-hybridized carbons (Fsp3) is 0.429. The van der Waals surface area contributed by atoms with Crippen molar-refractivity contribution >= 4 is 6.08 Å². The lowest BCUT2D eigenvalue weighted by Gasteiger charge is -2.11. The Hall–Kier alpha value is -1.36. The van der Waals surface area contributed by atoms with Gasteiger partial charge in [-0.15, -0.1) is 0 Å². The van der Waals surface area contributed by atoms with Gasteiger partial charge >= 0.3 is 6.18 Å². The summed E-state index contributed by atoms with van der Waals surface area (Å²) in [4.78, 5) is 0. The molecule has 1 saturated carbocycles. The predicted octanol–water partition coefficient (Wildman–Crippen LogP) is 4.00. The monoisotopic (exact) mass is 273 g/mol. The van der Waals surface area contributed by atoms with Gasteiger partial charge in [-0.05, 0) is 37.5 Å². The maximum absolute atomic E-state index is 12.9. The molecule has 0 unspecified atom stereocenters. The van der Waals surface area contributed by atoms with E-state index in [0.29, 0.717) is 18.7 Å². The second-order valence-electron chi connectivity index (χ2n) is 4.88. The van der Waals surface area contributed by atoms with Crippen LogP contribution in [0.3, 0.4) is 0 Å². The number of benzene rings is 1. The van der Waals surface area contributed by atoms with Crippen LogP contribution >= 0.6 is 0 Å². The van der Waals surface area contributed by atoms with E-state index in [2.05, 4.69) is 5.32 Å². The normalized spacial score (nSPS) is 16.8. The fourth-order valence-electron chi connectivity index (χ4n) is 1.81. The van der Waals surface area contributed by atoms with Crippen molar-refractivity contribution in [3.8, 4) is 0 Å². The first-order chi connectivity index (χ1) is 8.86. The van der Waals surface area contributed by atoms with Crippen LogP contribution in [0.1, 0.15) is 30.9 Å². The molecule has 1 aliphatic rings. The molecule has 104 valence electrons. The zero-order valence-corrected chi connectivity index (χ0v) is 10.5. The highest BCUT2D eigenvalue weighted by Crippen LogP contribution is 2.33. The van der Waals surface area contributed by atoms with Crippen LogP contribution in [0.5, 0.6) is 0 Å². The SMILES string of the molecule is C/C(=C/c1ccc(F)cc1C(F)(F)F)CNC1CC1. The average Bonchev–Trinajstić information content (AvgIpc) is 3.11. The van der Waals surface area contributed by atoms with Gasteiger partial charge in [0.2, 0.25) is 0 Å². The number of hydrogen-bond donors (Lipinski definition) is 1. The molecule has 0 atom stereocenters. The Kier molecular flexibility index (Phi) is 3.94. The van der Waals surface area contributed by atoms with Crippen LogP contribution in [-0.2, 0) is 6.18 Å². The molecule has 0 bridgehead atoms. The summed E-state index contributed by atoms with van der Waals surface area (Å²) in [7, 11) is 0. The number of nitrogens with one attached hydrogen (secondary N) is 1. The van der Waals surface area contributed by atoms with Crippen LogP contribution < -0.4 is 5.32 Å². The average molecular weight is 273 g/mol. The maximum atomic E-state index is 12.9. The topological polar surface area (TPSA) is 12.0 Å². The van der Waals surface area contributed by atoms with Gasteiger partial charge in [-0.2, -0.15) is 13.2 Å². The van der Waals surface area contributed by atoms with Gasteiger partial charge < -0.3 is 5.32 Å². The molecule has 1 N–H and O–H groups in total. The molecule has 0 spiro atoms. The van der Waals surface area contributed by atoms with Gasteiger partial charge in [0.25, 0.3) is 0 Å². The minimum Gasteiger partial charge on any atom is -0.310 e. The van der Waals surface area contributed by atoms with Gasteiger partial charge in [0.1, 0.15) is 5.82 Å². The first kappa shape index (κ1) is 14.1. The standard InChI is InChI=1S/C14H15F4N/c1-9(8-19-12-4-5-12)6-10-2-3-11(15)7-13(10)14(16,17)18/h2-3,6-7,12,19H,4-5,8H2,1H3/b9-6-. The van der Waals surface area contributed by atoms with Crippen LogP contribution in [0.25, 0.3) is 6.08 Å². The molecular formula is C14H15F4N. The molecule has 0 radical (unpaired) electrons. The van der Waals surface area contributed by atoms with Gasteiger partial charge in [-0.1, -0.05) is 17.7 Å². The minimum atomic E-state index is -4.54. The van der Waals surface area contributed by atoms with Crippen molar-refractivity contribution in [1.29, 1.82) is 0 Å². The van der Waals surface area contributed by atoms with Gasteiger partial charge in [0.05, 0.1) is 5.56 Å². The predicted molar refractivity (Wildman–Crippen MR) is 66.1 cm³/mol. The van der Waals surface area contributed by atoms with E-state index >= 15 is 0 Å². The summed E-state index contributed by atoms with van der Waals surface area (Å²) in [5.74, 6) is -0.877. The van der Waals surface area contributed by atoms with Crippen molar-refractivity contribution in [3.05, 3.63) is 40.7 Å². The van der Waals surface area contributed by atoms with E-state index in [1.807, 2.05) is 0 Å². The molecule has 0 saturated heterocycles. The number of halogens is 4. The summed E-state index contributed by atoms with van der Waals surface area (Å²) in [6, 6.07) is 3.24. The zero-order chi connectivity index (χ0) is 14.0. The van der Waals surface area contributed by atoms with E-state index in [1.54, 1.807) is 6.92 Å². The minimum absolute atomic E-state index is 0.00370. The van der Waals surface area contributed by atoms with Crippen LogP contribution in [0.4, 0.5) is 17.6 Å². The quantitative estimate of drug-likeness (QED) is 0.818. The molecular weight excluding hydrogens is 258 g/mol. The molecule has 1 fully saturated rings. The van der Waals surface area contributed by atoms with Crippen molar-refractivity contribution in [3.63, 3.8) is 0 Å². The highest BCUT2D eigenvalue weighted by molar-refractivity contribution is 5.57. The first-order valence-electron chi connectivity index (χ1n) is 6.13. The smallest absolute Gasteiger partial charge is 0.310 e. The van der Waals surface area contributed by atoms with Crippen molar-refractivity contribution < 1.29 is 17.6 Å². The molecule has 5 heteroatoms. The molecule has 1 aromatic carbocycles. The van der Waals surface area contributed by atoms with Crippen LogP contribution in [0.15, 0.2) is 23.8 Å². The zero-order valence-electron chi connectivity index (χ0n) is 10.5. The van der Waals surface area contributed by atoms with E-state index in [4.69, 9.17) is 0 Å². The summed E-state index contributed by atoms with van der Waals surface area (Å²) < 4.78 is 51.3. The summed E-state index contributed by atoms with van der Waals surface area (Å²) in [5.41, 5.74) is -0.133. The van der Waals surface area contributed by atoms with E-state index in [1.165, 1.54) is 12.1 Å². The molecule has 1 aliphatic carbocycles. The molecule has 19 heavy (non-hydrogen) atoms. The summed E-state index contributed by atoms with van der Waals surface area (Å²) in [6.45, 7) is 2.32. The Morgan fingerprint density at radius 2 is 2.05 bits per heavy atom. The number of alkyl halides is 3. The van der Waals surface area contributed by atoms with Crippen molar-refractivity contribution in [2.45, 2.75) is 32.0 Å². The van der Waals surface area contributed by atoms with E-state index in [0.717, 1.165) is 24.5 Å². The van der Waals surface area contributed by atoms with Crippen molar-refractivity contribution in [1.82, 2.24) is 5.32 Å². The Morgan fingerprint density at radius 3 is 2.63 bits per heavy atom. The van der Waals surface area contributed by atoms with Crippen molar-refractivity contribution in [2.24, 2.45) is 0 Å². The van der Waals surface area contributed by atoms with Crippen LogP contribution in [0.2, 0.25) is 0 Å². The van der Waals surface area contributed by atoms with Crippen LogP contribution in [0, 0.1) is 5.82 Å². The number of rotatable bonds is 4. The van der Waals surface area contributed by atoms with Crippen molar-refractivity contribution in [2.75, 3.05) is 6.54 Å². The highest BCUT2D eigenvalue weighted by Gasteiger charge is 2.33. The molecule has 2 rings (SSSR count). The third-order valence-electron chi connectivity index (χ3n) is 2.97. The Balaban J connectivity index is 2.20. The van der Waals surface area contributed by atoms with Crippen LogP contribution in [-0.4, -0.2) is 12.6 Å². The lowest BCUT2D eigenvalue weighted by Crippen LogP contribution is -2.18. The Labute approximate surface area is 109 Å². The van der Waals surface area contributed by atoms with Gasteiger partial charge in [-0.25, -0.2) is 4.39 Å². The summed E-state index contributed by atoms with van der Waals surface area (Å²) >= 11 is 0. The molecule has 0 aliphatic heterocycles. The van der Waals surface area contributed by atoms with E-state index in [-0.39, 0.29) is 5.56 Å². The molecule has 0 amide bonds. The van der Waals surface area contributed by atoms with Gasteiger partial charge in [0.15, 0.2) is 0 Å². The molecule has 1 aromatic rings. The summed E-state index contributed by atoms with van der Waals surface area (Å²) in [5, 5.41) is 3.22. The third kappa shape index (κ3) is 4.06. The fourth-order valence-corrected chi connectivity index (χ4v) is 1.81. The van der Waals surface area contributed by atoms with Gasteiger partial charge in [0, 0.05) is 12.6 Å². The Bertz CT molecular complexity index is 487. The second kappa shape index (κ2) is 5.33. The lowest BCUT2D eigenvalue weighted by atomic mass is 10.0. The molecule has 0 aromatic heterocycles. The molecule has 0 heterocycles.